The van der Waals surface area contributed by atoms with Crippen LogP contribution in [0.25, 0.3) is 0 Å². The second-order valence-corrected chi connectivity index (χ2v) is 12.1. The molecule has 0 radical (unpaired) electrons. The molecule has 6 rings (SSSR count). The summed E-state index contributed by atoms with van der Waals surface area (Å²) in [4.78, 5) is 39.6. The van der Waals surface area contributed by atoms with Crippen LogP contribution in [0.4, 0.5) is 0 Å². The summed E-state index contributed by atoms with van der Waals surface area (Å²) in [6, 6.07) is -0.966. The number of piperazine rings is 1. The minimum Gasteiger partial charge on any atom is -0.392 e. The van der Waals surface area contributed by atoms with Crippen molar-refractivity contribution < 1.29 is 34.4 Å². The van der Waals surface area contributed by atoms with Crippen molar-refractivity contribution in [1.29, 1.82) is 0 Å². The molecule has 5 heterocycles. The first-order valence-electron chi connectivity index (χ1n) is 9.58. The van der Waals surface area contributed by atoms with Crippen LogP contribution in [0.5, 0.6) is 0 Å². The summed E-state index contributed by atoms with van der Waals surface area (Å²) in [6.07, 6.45) is -2.34. The minimum atomic E-state index is -1.87. The molecule has 0 unspecified atom stereocenters. The summed E-state index contributed by atoms with van der Waals surface area (Å²) in [5, 5.41) is 32.8. The van der Waals surface area contributed by atoms with E-state index in [9.17, 15) is 29.7 Å². The molecule has 2 amide bonds. The van der Waals surface area contributed by atoms with Gasteiger partial charge in [0.15, 0.2) is 16.3 Å². The molecular weight excluding hydrogens is 420 g/mol. The van der Waals surface area contributed by atoms with Crippen LogP contribution >= 0.6 is 21.6 Å². The highest BCUT2D eigenvalue weighted by Gasteiger charge is 2.83. The Labute approximate surface area is 175 Å². The van der Waals surface area contributed by atoms with Crippen molar-refractivity contribution in [3.63, 3.8) is 0 Å². The third-order valence-corrected chi connectivity index (χ3v) is 11.5. The first kappa shape index (κ1) is 20.1. The number of hydrogen-bond acceptors (Lipinski definition) is 9. The van der Waals surface area contributed by atoms with Gasteiger partial charge in [0.25, 0.3) is 11.8 Å². The van der Waals surface area contributed by atoms with Crippen molar-refractivity contribution in [2.75, 3.05) is 13.7 Å². The van der Waals surface area contributed by atoms with E-state index >= 15 is 0 Å². The normalized spacial score (nSPS) is 52.7. The number of aliphatic hydroxyl groups excluding tert-OH is 2. The number of carbonyl (C=O) groups excluding carboxylic acids is 3. The van der Waals surface area contributed by atoms with Crippen LogP contribution in [0, 0.1) is 5.41 Å². The van der Waals surface area contributed by atoms with Gasteiger partial charge in [0, 0.05) is 19.9 Å². The van der Waals surface area contributed by atoms with Crippen molar-refractivity contribution in [2.45, 2.75) is 72.8 Å². The number of amides is 2. The molecule has 3 N–H and O–H groups in total. The van der Waals surface area contributed by atoms with Gasteiger partial charge in [0.2, 0.25) is 4.87 Å². The highest BCUT2D eigenvalue weighted by atomic mass is 33.1. The van der Waals surface area contributed by atoms with Crippen LogP contribution in [0.3, 0.4) is 0 Å². The topological polar surface area (TPSA) is 128 Å². The van der Waals surface area contributed by atoms with E-state index in [4.69, 9.17) is 4.74 Å². The molecule has 6 fully saturated rings. The van der Waals surface area contributed by atoms with Crippen molar-refractivity contribution >= 4 is 39.2 Å². The van der Waals surface area contributed by atoms with Crippen LogP contribution in [-0.4, -0.2) is 95.6 Å². The van der Waals surface area contributed by atoms with Crippen molar-refractivity contribution in [1.82, 2.24) is 9.80 Å². The van der Waals surface area contributed by atoms with Gasteiger partial charge in [-0.2, -0.15) is 0 Å². The molecule has 9 nitrogen and oxygen atoms in total. The summed E-state index contributed by atoms with van der Waals surface area (Å²) in [5.41, 5.74) is -4.35. The zero-order chi connectivity index (χ0) is 21.4. The molecule has 160 valence electrons. The predicted molar refractivity (Wildman–Crippen MR) is 103 cm³/mol. The Morgan fingerprint density at radius 2 is 1.86 bits per heavy atom. The molecule has 29 heavy (non-hydrogen) atoms. The second-order valence-electron chi connectivity index (χ2n) is 9.42. The number of likely N-dealkylation sites (N-methyl/N-ethyl adjacent to an activating group) is 1. The van der Waals surface area contributed by atoms with E-state index < -0.39 is 63.0 Å². The van der Waals surface area contributed by atoms with Crippen LogP contribution in [0.2, 0.25) is 0 Å². The van der Waals surface area contributed by atoms with E-state index in [2.05, 4.69) is 0 Å². The molecule has 5 saturated heterocycles. The smallest absolute Gasteiger partial charge is 0.264 e. The van der Waals surface area contributed by atoms with Crippen LogP contribution < -0.4 is 0 Å². The maximum Gasteiger partial charge on any atom is 0.264 e. The lowest BCUT2D eigenvalue weighted by Gasteiger charge is -2.58. The number of carbonyl (C=O) groups is 3. The fourth-order valence-corrected chi connectivity index (χ4v) is 9.41. The molecule has 5 aliphatic heterocycles. The van der Waals surface area contributed by atoms with Gasteiger partial charge < -0.3 is 29.9 Å². The number of rotatable bonds is 1. The van der Waals surface area contributed by atoms with Crippen molar-refractivity contribution in [3.05, 3.63) is 0 Å². The summed E-state index contributed by atoms with van der Waals surface area (Å²) in [5.74, 6) is -1.20. The Kier molecular flexibility index (Phi) is 3.67. The summed E-state index contributed by atoms with van der Waals surface area (Å²) < 4.78 is 5.99. The van der Waals surface area contributed by atoms with Crippen LogP contribution in [0.1, 0.15) is 33.6 Å². The van der Waals surface area contributed by atoms with E-state index in [1.807, 2.05) is 0 Å². The van der Waals surface area contributed by atoms with Crippen LogP contribution in [-0.2, 0) is 19.1 Å². The molecule has 1 saturated carbocycles. The fraction of sp³-hybridized carbons (Fsp3) is 0.833. The first-order chi connectivity index (χ1) is 13.3. The van der Waals surface area contributed by atoms with Gasteiger partial charge in [0.1, 0.15) is 11.7 Å². The van der Waals surface area contributed by atoms with Gasteiger partial charge in [-0.1, -0.05) is 24.6 Å². The molecular formula is C18H24N2O7S2. The molecule has 6 aliphatic rings. The maximum absolute atomic E-state index is 13.5. The first-order valence-corrected chi connectivity index (χ1v) is 11.7. The average molecular weight is 445 g/mol. The highest BCUT2D eigenvalue weighted by molar-refractivity contribution is 8.78. The van der Waals surface area contributed by atoms with Gasteiger partial charge in [0.05, 0.1) is 24.2 Å². The van der Waals surface area contributed by atoms with E-state index in [-0.39, 0.29) is 18.6 Å². The largest absolute Gasteiger partial charge is 0.392 e. The number of hydrogen-bond donors (Lipinski definition) is 3. The number of ether oxygens (including phenoxy) is 1. The van der Waals surface area contributed by atoms with Crippen molar-refractivity contribution in [2.24, 2.45) is 5.41 Å². The SMILES string of the molecule is C[C@H]1O[C@]2(C[C@H]3N4C(=O)[C@@]5(CO)SS[C@]4(C[C@@]3(O)[C@@H]2O)C(=O)N5C)C(=O)C1(C)C. The Morgan fingerprint density at radius 1 is 1.21 bits per heavy atom. The Morgan fingerprint density at radius 3 is 2.41 bits per heavy atom. The molecule has 1 aliphatic carbocycles. The van der Waals surface area contributed by atoms with E-state index in [0.29, 0.717) is 0 Å². The highest BCUT2D eigenvalue weighted by Crippen LogP contribution is 2.68. The number of fused-ring (bicyclic) bond motifs is 3. The zero-order valence-electron chi connectivity index (χ0n) is 16.5. The molecule has 0 aromatic heterocycles. The second kappa shape index (κ2) is 5.31. The lowest BCUT2D eigenvalue weighted by molar-refractivity contribution is -0.169. The Bertz CT molecular complexity index is 869. The number of Topliss-reactive ketones (excluding diaryl/α,β-unsaturated/α-hetero) is 1. The number of ketones is 1. The van der Waals surface area contributed by atoms with Gasteiger partial charge in [-0.15, -0.1) is 0 Å². The fourth-order valence-electron chi connectivity index (χ4n) is 5.76. The molecule has 0 aromatic rings. The quantitative estimate of drug-likeness (QED) is 0.440. The van der Waals surface area contributed by atoms with Gasteiger partial charge in [-0.05, 0) is 17.7 Å². The van der Waals surface area contributed by atoms with E-state index in [0.717, 1.165) is 21.6 Å². The standard InChI is InChI=1S/C18H24N2O7S2/c1-8-14(2,3)10(22)16(27-8)5-9-15(26,11(16)23)6-17-12(24)19(4)18(7-21,29-28-17)13(25)20(9)17/h8-9,11,21,23,26H,5-7H2,1-4H3/t8-,9-,11+,15+,16-,17-,18-/m1/s1. The van der Waals surface area contributed by atoms with E-state index in [1.165, 1.54) is 16.8 Å². The average Bonchev–Trinajstić information content (AvgIpc) is 3.12. The molecule has 2 spiro atoms. The van der Waals surface area contributed by atoms with E-state index in [1.54, 1.807) is 20.8 Å². The summed E-state index contributed by atoms with van der Waals surface area (Å²) >= 11 is 0. The maximum atomic E-state index is 13.5. The molecule has 0 aromatic carbocycles. The lowest BCUT2D eigenvalue weighted by Crippen LogP contribution is -2.77. The van der Waals surface area contributed by atoms with Gasteiger partial charge >= 0.3 is 0 Å². The minimum absolute atomic E-state index is 0.0888. The molecule has 11 heteroatoms. The number of aliphatic hydroxyl groups is 3. The van der Waals surface area contributed by atoms with Gasteiger partial charge in [-0.3, -0.25) is 14.4 Å². The van der Waals surface area contributed by atoms with Crippen molar-refractivity contribution in [3.8, 4) is 0 Å². The number of nitrogens with zero attached hydrogens (tertiary/aromatic N) is 2. The monoisotopic (exact) mass is 444 g/mol. The van der Waals surface area contributed by atoms with Crippen LogP contribution in [0.15, 0.2) is 0 Å². The molecule has 2 bridgehead atoms. The third-order valence-electron chi connectivity index (χ3n) is 7.85. The Balaban J connectivity index is 1.63. The van der Waals surface area contributed by atoms with Gasteiger partial charge in [-0.25, -0.2) is 0 Å². The zero-order valence-corrected chi connectivity index (χ0v) is 18.2. The summed E-state index contributed by atoms with van der Waals surface area (Å²) in [6.45, 7) is 4.65. The predicted octanol–water partition coefficient (Wildman–Crippen LogP) is -0.912. The third kappa shape index (κ3) is 1.82. The lowest BCUT2D eigenvalue weighted by atomic mass is 9.76. The Hall–Kier alpha value is -0.850. The molecule has 7 atom stereocenters. The summed E-state index contributed by atoms with van der Waals surface area (Å²) in [7, 11) is 3.70.